The van der Waals surface area contributed by atoms with Crippen LogP contribution in [0.25, 0.3) is 11.0 Å². The number of carbonyl (C=O) groups is 1. The van der Waals surface area contributed by atoms with Crippen LogP contribution in [0.5, 0.6) is 0 Å². The van der Waals surface area contributed by atoms with Crippen molar-refractivity contribution in [2.75, 3.05) is 37.7 Å². The summed E-state index contributed by atoms with van der Waals surface area (Å²) in [5.41, 5.74) is 3.13. The van der Waals surface area contributed by atoms with Crippen LogP contribution in [0.4, 0.5) is 5.82 Å². The number of para-hydroxylation sites is 2. The van der Waals surface area contributed by atoms with E-state index in [0.717, 1.165) is 38.2 Å². The Labute approximate surface area is 194 Å². The van der Waals surface area contributed by atoms with Crippen molar-refractivity contribution in [3.63, 3.8) is 0 Å². The van der Waals surface area contributed by atoms with Crippen LogP contribution in [0.15, 0.2) is 54.6 Å². The summed E-state index contributed by atoms with van der Waals surface area (Å²) in [7, 11) is 0. The summed E-state index contributed by atoms with van der Waals surface area (Å²) in [6.07, 6.45) is 0. The highest BCUT2D eigenvalue weighted by Crippen LogP contribution is 2.28. The molecule has 0 bridgehead atoms. The van der Waals surface area contributed by atoms with E-state index in [1.165, 1.54) is 10.5 Å². The van der Waals surface area contributed by atoms with Crippen LogP contribution in [-0.4, -0.2) is 48.7 Å². The number of hydrogen-bond acceptors (Lipinski definition) is 6. The zero-order valence-electron chi connectivity index (χ0n) is 19.2. The molecule has 33 heavy (non-hydrogen) atoms. The van der Waals surface area contributed by atoms with Gasteiger partial charge in [-0.05, 0) is 18.1 Å². The summed E-state index contributed by atoms with van der Waals surface area (Å²) in [5, 5.41) is 9.87. The van der Waals surface area contributed by atoms with Crippen molar-refractivity contribution in [2.24, 2.45) is 5.92 Å². The van der Waals surface area contributed by atoms with Crippen LogP contribution in [0.1, 0.15) is 31.0 Å². The van der Waals surface area contributed by atoms with Crippen molar-refractivity contribution in [3.05, 3.63) is 65.9 Å². The zero-order valence-corrected chi connectivity index (χ0v) is 19.2. The molecule has 1 aromatic heterocycles. The van der Waals surface area contributed by atoms with Gasteiger partial charge in [0, 0.05) is 5.56 Å². The Morgan fingerprint density at radius 2 is 1.70 bits per heavy atom. The Hall–Kier alpha value is -3.50. The normalized spacial score (nSPS) is 15.4. The number of nitrogens with one attached hydrogen (secondary N) is 1. The van der Waals surface area contributed by atoms with E-state index in [0.29, 0.717) is 17.0 Å². The van der Waals surface area contributed by atoms with Crippen molar-refractivity contribution >= 4 is 22.8 Å². The standard InChI is InChI=1S/C26H29N5O2/c1-19(2)18-33-26(32)21(16-27)24-25(29-23-11-7-6-10-22(23)28-24)31-14-12-30(13-15-31)17-20-8-4-3-5-9-20/h3-11,19,21H,12-15,17-18H2,1-2H3/p+1/t21-/m0/s1. The molecule has 0 aliphatic carbocycles. The average Bonchev–Trinajstić information content (AvgIpc) is 2.84. The van der Waals surface area contributed by atoms with E-state index in [4.69, 9.17) is 14.7 Å². The van der Waals surface area contributed by atoms with E-state index in [2.05, 4.69) is 35.2 Å². The number of anilines is 1. The van der Waals surface area contributed by atoms with Crippen LogP contribution >= 0.6 is 0 Å². The molecule has 4 rings (SSSR count). The number of esters is 1. The number of rotatable bonds is 7. The molecular weight excluding hydrogens is 414 g/mol. The first-order valence-electron chi connectivity index (χ1n) is 11.5. The number of nitriles is 1. The Bertz CT molecular complexity index is 1130. The van der Waals surface area contributed by atoms with Crippen LogP contribution < -0.4 is 9.80 Å². The molecule has 1 N–H and O–H groups in total. The summed E-state index contributed by atoms with van der Waals surface area (Å²) in [6.45, 7) is 8.63. The maximum atomic E-state index is 12.8. The fraction of sp³-hybridized carbons (Fsp3) is 0.385. The molecule has 3 aromatic rings. The molecule has 1 atom stereocenters. The summed E-state index contributed by atoms with van der Waals surface area (Å²) < 4.78 is 5.40. The van der Waals surface area contributed by atoms with Crippen LogP contribution in [0.2, 0.25) is 0 Å². The third kappa shape index (κ3) is 5.47. The van der Waals surface area contributed by atoms with E-state index >= 15 is 0 Å². The van der Waals surface area contributed by atoms with E-state index in [1.54, 1.807) is 0 Å². The van der Waals surface area contributed by atoms with Gasteiger partial charge in [0.25, 0.3) is 0 Å². The van der Waals surface area contributed by atoms with Gasteiger partial charge in [0.1, 0.15) is 12.2 Å². The third-order valence-electron chi connectivity index (χ3n) is 5.84. The molecule has 1 aliphatic heterocycles. The minimum Gasteiger partial charge on any atom is -0.464 e. The van der Waals surface area contributed by atoms with Gasteiger partial charge < -0.3 is 14.5 Å². The van der Waals surface area contributed by atoms with Gasteiger partial charge in [0.2, 0.25) is 0 Å². The smallest absolute Gasteiger partial charge is 0.329 e. The number of nitrogens with zero attached hydrogens (tertiary/aromatic N) is 4. The molecule has 7 nitrogen and oxygen atoms in total. The number of quaternary nitrogens is 1. The molecule has 0 radical (unpaired) electrons. The molecule has 0 unspecified atom stereocenters. The number of benzene rings is 2. The highest BCUT2D eigenvalue weighted by atomic mass is 16.5. The molecular formula is C26H30N5O2+. The quantitative estimate of drug-likeness (QED) is 0.563. The highest BCUT2D eigenvalue weighted by Gasteiger charge is 2.32. The molecule has 2 aromatic carbocycles. The summed E-state index contributed by atoms with van der Waals surface area (Å²) in [6, 6.07) is 20.2. The van der Waals surface area contributed by atoms with E-state index in [-0.39, 0.29) is 12.5 Å². The topological polar surface area (TPSA) is 83.5 Å². The summed E-state index contributed by atoms with van der Waals surface area (Å²) in [5.74, 6) is -0.868. The lowest BCUT2D eigenvalue weighted by Crippen LogP contribution is -3.13. The molecule has 1 fully saturated rings. The minimum atomic E-state index is -1.11. The maximum Gasteiger partial charge on any atom is 0.329 e. The number of aromatic nitrogens is 2. The first kappa shape index (κ1) is 22.7. The second-order valence-corrected chi connectivity index (χ2v) is 8.91. The van der Waals surface area contributed by atoms with Crippen molar-refractivity contribution in [1.82, 2.24) is 9.97 Å². The monoisotopic (exact) mass is 444 g/mol. The van der Waals surface area contributed by atoms with Crippen molar-refractivity contribution in [3.8, 4) is 6.07 Å². The lowest BCUT2D eigenvalue weighted by molar-refractivity contribution is -0.914. The molecule has 0 spiro atoms. The molecule has 7 heteroatoms. The Balaban J connectivity index is 1.58. The number of ether oxygens (including phenoxy) is 1. The molecule has 0 amide bonds. The highest BCUT2D eigenvalue weighted by molar-refractivity contribution is 5.85. The van der Waals surface area contributed by atoms with Gasteiger partial charge >= 0.3 is 5.97 Å². The van der Waals surface area contributed by atoms with Gasteiger partial charge in [-0.15, -0.1) is 0 Å². The molecule has 1 aliphatic rings. The summed E-state index contributed by atoms with van der Waals surface area (Å²) in [4.78, 5) is 26.0. The van der Waals surface area contributed by atoms with Crippen LogP contribution in [0, 0.1) is 17.2 Å². The van der Waals surface area contributed by atoms with Crippen molar-refractivity contribution in [2.45, 2.75) is 26.3 Å². The lowest BCUT2D eigenvalue weighted by Gasteiger charge is -2.34. The van der Waals surface area contributed by atoms with E-state index in [1.807, 2.05) is 44.2 Å². The molecule has 0 saturated carbocycles. The minimum absolute atomic E-state index is 0.191. The SMILES string of the molecule is CC(C)COC(=O)[C@@H](C#N)c1nc2ccccc2nc1N1CC[NH+](Cc2ccccc2)CC1. The van der Waals surface area contributed by atoms with Gasteiger partial charge in [0.15, 0.2) is 11.7 Å². The number of fused-ring (bicyclic) bond motifs is 1. The Morgan fingerprint density at radius 1 is 1.06 bits per heavy atom. The fourth-order valence-electron chi connectivity index (χ4n) is 4.08. The van der Waals surface area contributed by atoms with E-state index in [9.17, 15) is 10.1 Å². The zero-order chi connectivity index (χ0) is 23.2. The second-order valence-electron chi connectivity index (χ2n) is 8.91. The van der Waals surface area contributed by atoms with Gasteiger partial charge in [-0.3, -0.25) is 4.79 Å². The second kappa shape index (κ2) is 10.4. The van der Waals surface area contributed by atoms with Gasteiger partial charge in [-0.1, -0.05) is 56.3 Å². The number of piperazine rings is 1. The summed E-state index contributed by atoms with van der Waals surface area (Å²) >= 11 is 0. The van der Waals surface area contributed by atoms with Crippen molar-refractivity contribution < 1.29 is 14.4 Å². The van der Waals surface area contributed by atoms with Gasteiger partial charge in [0.05, 0.1) is 49.9 Å². The van der Waals surface area contributed by atoms with E-state index < -0.39 is 11.9 Å². The predicted molar refractivity (Wildman–Crippen MR) is 127 cm³/mol. The number of carbonyl (C=O) groups excluding carboxylic acids is 1. The van der Waals surface area contributed by atoms with Gasteiger partial charge in [-0.2, -0.15) is 5.26 Å². The molecule has 170 valence electrons. The third-order valence-corrected chi connectivity index (χ3v) is 5.84. The molecule has 2 heterocycles. The van der Waals surface area contributed by atoms with Crippen LogP contribution in [-0.2, 0) is 16.1 Å². The molecule has 1 saturated heterocycles. The first-order valence-corrected chi connectivity index (χ1v) is 11.5. The number of hydrogen-bond donors (Lipinski definition) is 1. The van der Waals surface area contributed by atoms with Crippen molar-refractivity contribution in [1.29, 1.82) is 5.26 Å². The predicted octanol–water partition coefficient (Wildman–Crippen LogP) is 2.34. The van der Waals surface area contributed by atoms with Gasteiger partial charge in [-0.25, -0.2) is 9.97 Å². The first-order chi connectivity index (χ1) is 16.0. The fourth-order valence-corrected chi connectivity index (χ4v) is 4.08. The largest absolute Gasteiger partial charge is 0.464 e. The van der Waals surface area contributed by atoms with Crippen LogP contribution in [0.3, 0.4) is 0 Å². The average molecular weight is 445 g/mol. The Morgan fingerprint density at radius 3 is 2.33 bits per heavy atom. The maximum absolute atomic E-state index is 12.8. The Kier molecular flexibility index (Phi) is 7.16. The lowest BCUT2D eigenvalue weighted by atomic mass is 10.1.